The molecule has 1 aliphatic rings. The Bertz CT molecular complexity index is 611. The van der Waals surface area contributed by atoms with Crippen LogP contribution in [0, 0.1) is 0 Å². The fourth-order valence-electron chi connectivity index (χ4n) is 1.91. The number of anilines is 1. The van der Waals surface area contributed by atoms with Crippen LogP contribution in [0.3, 0.4) is 0 Å². The van der Waals surface area contributed by atoms with Crippen molar-refractivity contribution in [2.24, 2.45) is 0 Å². The number of ketones is 1. The van der Waals surface area contributed by atoms with E-state index in [2.05, 4.69) is 20.3 Å². The lowest BCUT2D eigenvalue weighted by molar-refractivity contribution is -0.117. The minimum atomic E-state index is -2.99. The van der Waals surface area contributed by atoms with Gasteiger partial charge in [0.15, 0.2) is 17.4 Å². The number of halogens is 5. The van der Waals surface area contributed by atoms with Gasteiger partial charge < -0.3 is 5.32 Å². The van der Waals surface area contributed by atoms with E-state index in [1.54, 1.807) is 0 Å². The number of hydrogen-bond acceptors (Lipinski definition) is 5. The first-order chi connectivity index (χ1) is 10.4. The van der Waals surface area contributed by atoms with E-state index < -0.39 is 36.7 Å². The highest BCUT2D eigenvalue weighted by atomic mass is 35.5. The fraction of sp³-hybridized carbons (Fsp3) is 0.500. The Hall–Kier alpha value is -1.77. The fourth-order valence-corrected chi connectivity index (χ4v) is 2.07. The summed E-state index contributed by atoms with van der Waals surface area (Å²) in [5.41, 5.74) is -0.0579. The summed E-state index contributed by atoms with van der Waals surface area (Å²) in [4.78, 5) is 22.3. The molecule has 2 rings (SSSR count). The third kappa shape index (κ3) is 3.70. The van der Waals surface area contributed by atoms with Crippen molar-refractivity contribution in [3.63, 3.8) is 0 Å². The molecule has 1 aromatic heterocycles. The van der Waals surface area contributed by atoms with E-state index in [4.69, 9.17) is 11.6 Å². The van der Waals surface area contributed by atoms with Crippen molar-refractivity contribution in [3.8, 4) is 0 Å². The predicted octanol–water partition coefficient (Wildman–Crippen LogP) is 2.97. The number of rotatable bonds is 5. The molecule has 1 N–H and O–H groups in total. The van der Waals surface area contributed by atoms with Crippen molar-refractivity contribution in [2.75, 3.05) is 12.0 Å². The van der Waals surface area contributed by atoms with Crippen molar-refractivity contribution in [1.29, 1.82) is 0 Å². The van der Waals surface area contributed by atoms with Crippen LogP contribution in [0.25, 0.3) is 5.57 Å². The number of nitrogens with one attached hydrogen (secondary N) is 1. The molecule has 1 unspecified atom stereocenters. The Kier molecular flexibility index (Phi) is 5.28. The molecule has 1 aromatic rings. The number of nitrogens with zero attached hydrogens (tertiary/aromatic N) is 3. The van der Waals surface area contributed by atoms with Crippen LogP contribution in [0.2, 0.25) is 5.28 Å². The van der Waals surface area contributed by atoms with Crippen LogP contribution in [-0.2, 0) is 4.79 Å². The molecule has 10 heteroatoms. The van der Waals surface area contributed by atoms with E-state index in [9.17, 15) is 22.4 Å². The van der Waals surface area contributed by atoms with Gasteiger partial charge in [-0.3, -0.25) is 4.79 Å². The zero-order chi connectivity index (χ0) is 16.3. The first-order valence-corrected chi connectivity index (χ1v) is 6.74. The molecule has 5 nitrogen and oxygen atoms in total. The molecule has 120 valence electrons. The number of alkyl halides is 3. The van der Waals surface area contributed by atoms with Crippen molar-refractivity contribution < 1.29 is 22.4 Å². The van der Waals surface area contributed by atoms with E-state index in [0.717, 1.165) is 0 Å². The third-order valence-corrected chi connectivity index (χ3v) is 3.17. The molecule has 22 heavy (non-hydrogen) atoms. The van der Waals surface area contributed by atoms with E-state index in [-0.39, 0.29) is 29.5 Å². The molecule has 0 saturated heterocycles. The Morgan fingerprint density at radius 3 is 2.59 bits per heavy atom. The maximum Gasteiger partial charge on any atom is 0.261 e. The van der Waals surface area contributed by atoms with Gasteiger partial charge in [-0.05, 0) is 24.4 Å². The topological polar surface area (TPSA) is 67.8 Å². The lowest BCUT2D eigenvalue weighted by Gasteiger charge is -2.16. The standard InChI is InChI=1S/C12H11ClF4N4O/c13-11-19-10(5-2-1-3-7(22)8(5)15)20-12(21-11)18-6(4-14)9(16)17/h6,9H,1-4H2,(H,18,19,20,21). The van der Waals surface area contributed by atoms with Gasteiger partial charge in [0.25, 0.3) is 6.43 Å². The molecular formula is C12H11ClF4N4O. The highest BCUT2D eigenvalue weighted by molar-refractivity contribution is 6.28. The van der Waals surface area contributed by atoms with Crippen LogP contribution < -0.4 is 5.32 Å². The van der Waals surface area contributed by atoms with Crippen LogP contribution in [0.4, 0.5) is 23.5 Å². The largest absolute Gasteiger partial charge is 0.343 e. The van der Waals surface area contributed by atoms with Gasteiger partial charge in [-0.1, -0.05) is 0 Å². The second-order valence-corrected chi connectivity index (χ2v) is 4.90. The molecule has 0 radical (unpaired) electrons. The molecule has 0 bridgehead atoms. The number of hydrogen-bond donors (Lipinski definition) is 1. The van der Waals surface area contributed by atoms with Crippen molar-refractivity contribution >= 4 is 28.9 Å². The third-order valence-electron chi connectivity index (χ3n) is 3.00. The van der Waals surface area contributed by atoms with Gasteiger partial charge in [0.1, 0.15) is 12.7 Å². The molecule has 0 fully saturated rings. The predicted molar refractivity (Wildman–Crippen MR) is 71.1 cm³/mol. The molecule has 0 saturated carbocycles. The van der Waals surface area contributed by atoms with Crippen LogP contribution in [-0.4, -0.2) is 39.9 Å². The average Bonchev–Trinajstić information content (AvgIpc) is 2.46. The second-order valence-electron chi connectivity index (χ2n) is 4.56. The van der Waals surface area contributed by atoms with Crippen molar-refractivity contribution in [1.82, 2.24) is 15.0 Å². The Morgan fingerprint density at radius 2 is 1.95 bits per heavy atom. The zero-order valence-electron chi connectivity index (χ0n) is 11.1. The minimum Gasteiger partial charge on any atom is -0.343 e. The van der Waals surface area contributed by atoms with Crippen LogP contribution in [0.1, 0.15) is 25.1 Å². The Balaban J connectivity index is 2.35. The quantitative estimate of drug-likeness (QED) is 0.836. The van der Waals surface area contributed by atoms with E-state index in [0.29, 0.717) is 6.42 Å². The van der Waals surface area contributed by atoms with Gasteiger partial charge >= 0.3 is 0 Å². The second kappa shape index (κ2) is 6.99. The highest BCUT2D eigenvalue weighted by Gasteiger charge is 2.26. The van der Waals surface area contributed by atoms with Gasteiger partial charge in [-0.25, -0.2) is 17.6 Å². The van der Waals surface area contributed by atoms with Crippen LogP contribution in [0.5, 0.6) is 0 Å². The van der Waals surface area contributed by atoms with Gasteiger partial charge in [-0.15, -0.1) is 0 Å². The summed E-state index contributed by atoms with van der Waals surface area (Å²) in [6.45, 7) is -1.36. The van der Waals surface area contributed by atoms with E-state index in [1.807, 2.05) is 0 Å². The first kappa shape index (κ1) is 16.6. The van der Waals surface area contributed by atoms with Gasteiger partial charge in [0, 0.05) is 12.0 Å². The smallest absolute Gasteiger partial charge is 0.261 e. The normalized spacial score (nSPS) is 17.1. The van der Waals surface area contributed by atoms with Crippen LogP contribution in [0.15, 0.2) is 5.83 Å². The van der Waals surface area contributed by atoms with E-state index >= 15 is 0 Å². The monoisotopic (exact) mass is 338 g/mol. The number of carbonyl (C=O) groups excluding carboxylic acids is 1. The molecular weight excluding hydrogens is 328 g/mol. The molecule has 1 atom stereocenters. The number of Topliss-reactive ketones (excluding diaryl/α,β-unsaturated/α-hetero) is 1. The number of allylic oxidation sites excluding steroid dienone is 2. The summed E-state index contributed by atoms with van der Waals surface area (Å²) in [5.74, 6) is -2.28. The molecule has 1 heterocycles. The van der Waals surface area contributed by atoms with Gasteiger partial charge in [0.2, 0.25) is 11.2 Å². The average molecular weight is 339 g/mol. The molecule has 1 aliphatic carbocycles. The van der Waals surface area contributed by atoms with Crippen molar-refractivity contribution in [3.05, 3.63) is 16.9 Å². The summed E-state index contributed by atoms with van der Waals surface area (Å²) in [7, 11) is 0. The summed E-state index contributed by atoms with van der Waals surface area (Å²) in [6, 6.07) is -1.82. The number of aromatic nitrogens is 3. The minimum absolute atomic E-state index is 0.0579. The Labute approximate surface area is 127 Å². The SMILES string of the molecule is O=C1CCCC(c2nc(Cl)nc(NC(CF)C(F)F)n2)=C1F. The molecule has 0 aliphatic heterocycles. The maximum absolute atomic E-state index is 13.8. The molecule has 0 amide bonds. The highest BCUT2D eigenvalue weighted by Crippen LogP contribution is 2.30. The van der Waals surface area contributed by atoms with Gasteiger partial charge in [0.05, 0.1) is 0 Å². The lowest BCUT2D eigenvalue weighted by atomic mass is 9.97. The zero-order valence-corrected chi connectivity index (χ0v) is 11.9. The lowest BCUT2D eigenvalue weighted by Crippen LogP contribution is -2.31. The maximum atomic E-state index is 13.8. The summed E-state index contributed by atoms with van der Waals surface area (Å²) in [6.07, 6.45) is -2.29. The summed E-state index contributed by atoms with van der Waals surface area (Å²) in [5, 5.41) is 1.70. The van der Waals surface area contributed by atoms with E-state index in [1.165, 1.54) is 0 Å². The summed E-state index contributed by atoms with van der Waals surface area (Å²) >= 11 is 5.65. The Morgan fingerprint density at radius 1 is 1.23 bits per heavy atom. The van der Waals surface area contributed by atoms with Crippen molar-refractivity contribution in [2.45, 2.75) is 31.7 Å². The van der Waals surface area contributed by atoms with Gasteiger partial charge in [-0.2, -0.15) is 15.0 Å². The molecule has 0 spiro atoms. The number of carbonyl (C=O) groups is 1. The van der Waals surface area contributed by atoms with Crippen LogP contribution >= 0.6 is 11.6 Å². The summed E-state index contributed by atoms with van der Waals surface area (Å²) < 4.78 is 51.4. The first-order valence-electron chi connectivity index (χ1n) is 6.36. The molecule has 0 aromatic carbocycles.